The van der Waals surface area contributed by atoms with Gasteiger partial charge in [0, 0.05) is 63.5 Å². The molecule has 0 bridgehead atoms. The lowest BCUT2D eigenvalue weighted by Gasteiger charge is -2.37. The van der Waals surface area contributed by atoms with Crippen LogP contribution in [0.3, 0.4) is 0 Å². The first-order valence-electron chi connectivity index (χ1n) is 11.3. The van der Waals surface area contributed by atoms with Crippen molar-refractivity contribution in [2.45, 2.75) is 6.42 Å². The van der Waals surface area contributed by atoms with E-state index in [1.54, 1.807) is 0 Å². The molecule has 2 aromatic rings. The van der Waals surface area contributed by atoms with Gasteiger partial charge < -0.3 is 9.80 Å². The molecular formula is C25H32N4O2. The zero-order chi connectivity index (χ0) is 21.5. The summed E-state index contributed by atoms with van der Waals surface area (Å²) >= 11 is 0. The van der Waals surface area contributed by atoms with Gasteiger partial charge in [0.25, 0.3) is 11.8 Å². The maximum absolute atomic E-state index is 12.6. The number of piperazine rings is 2. The Morgan fingerprint density at radius 2 is 0.903 bits per heavy atom. The van der Waals surface area contributed by atoms with Gasteiger partial charge in [-0.25, -0.2) is 0 Å². The minimum atomic E-state index is 0.142. The number of hydrogen-bond donors (Lipinski definition) is 0. The van der Waals surface area contributed by atoms with E-state index in [2.05, 4.69) is 9.80 Å². The highest BCUT2D eigenvalue weighted by Gasteiger charge is 2.23. The van der Waals surface area contributed by atoms with Crippen LogP contribution in [-0.4, -0.2) is 96.9 Å². The molecule has 31 heavy (non-hydrogen) atoms. The Morgan fingerprint density at radius 3 is 1.26 bits per heavy atom. The summed E-state index contributed by atoms with van der Waals surface area (Å²) in [4.78, 5) is 34.0. The van der Waals surface area contributed by atoms with Gasteiger partial charge in [-0.05, 0) is 43.8 Å². The highest BCUT2D eigenvalue weighted by molar-refractivity contribution is 5.94. The minimum Gasteiger partial charge on any atom is -0.336 e. The standard InChI is InChI=1S/C25H32N4O2/c30-24(22-8-3-1-4-9-22)28-18-14-26(15-19-28)12-7-13-27-16-20-29(21-17-27)25(31)23-10-5-2-6-11-23/h1-6,8-11H,7,12-21H2. The molecule has 0 saturated carbocycles. The predicted molar refractivity (Wildman–Crippen MR) is 122 cm³/mol. The second-order valence-electron chi connectivity index (χ2n) is 8.35. The third-order valence-corrected chi connectivity index (χ3v) is 6.31. The van der Waals surface area contributed by atoms with Crippen molar-refractivity contribution in [3.63, 3.8) is 0 Å². The van der Waals surface area contributed by atoms with Crippen molar-refractivity contribution >= 4 is 11.8 Å². The van der Waals surface area contributed by atoms with E-state index < -0.39 is 0 Å². The highest BCUT2D eigenvalue weighted by Crippen LogP contribution is 2.11. The molecule has 2 aliphatic heterocycles. The van der Waals surface area contributed by atoms with Crippen LogP contribution in [0.5, 0.6) is 0 Å². The van der Waals surface area contributed by atoms with Crippen LogP contribution in [0.2, 0.25) is 0 Å². The second kappa shape index (κ2) is 10.6. The Morgan fingerprint density at radius 1 is 0.548 bits per heavy atom. The Hall–Kier alpha value is -2.70. The molecule has 0 radical (unpaired) electrons. The Bertz CT molecular complexity index is 771. The van der Waals surface area contributed by atoms with Crippen LogP contribution in [0.25, 0.3) is 0 Å². The summed E-state index contributed by atoms with van der Waals surface area (Å²) in [5, 5.41) is 0. The summed E-state index contributed by atoms with van der Waals surface area (Å²) in [5.41, 5.74) is 1.56. The van der Waals surface area contributed by atoms with Gasteiger partial charge in [-0.15, -0.1) is 0 Å². The van der Waals surface area contributed by atoms with Gasteiger partial charge in [-0.2, -0.15) is 0 Å². The van der Waals surface area contributed by atoms with E-state index in [4.69, 9.17) is 0 Å². The van der Waals surface area contributed by atoms with Gasteiger partial charge in [-0.1, -0.05) is 36.4 Å². The molecule has 2 saturated heterocycles. The fourth-order valence-corrected chi connectivity index (χ4v) is 4.39. The third-order valence-electron chi connectivity index (χ3n) is 6.31. The van der Waals surface area contributed by atoms with E-state index in [0.717, 1.165) is 83.0 Å². The molecule has 2 fully saturated rings. The van der Waals surface area contributed by atoms with Crippen molar-refractivity contribution < 1.29 is 9.59 Å². The van der Waals surface area contributed by atoms with E-state index in [0.29, 0.717) is 0 Å². The van der Waals surface area contributed by atoms with Gasteiger partial charge in [0.15, 0.2) is 0 Å². The summed E-state index contributed by atoms with van der Waals surface area (Å²) in [6.45, 7) is 9.10. The van der Waals surface area contributed by atoms with Crippen molar-refractivity contribution in [3.8, 4) is 0 Å². The van der Waals surface area contributed by atoms with Crippen LogP contribution in [0.4, 0.5) is 0 Å². The number of nitrogens with zero attached hydrogens (tertiary/aromatic N) is 4. The van der Waals surface area contributed by atoms with E-state index >= 15 is 0 Å². The monoisotopic (exact) mass is 420 g/mol. The van der Waals surface area contributed by atoms with E-state index in [1.165, 1.54) is 0 Å². The number of carbonyl (C=O) groups is 2. The molecule has 0 N–H and O–H groups in total. The Labute approximate surface area is 185 Å². The lowest BCUT2D eigenvalue weighted by molar-refractivity contribution is 0.0606. The lowest BCUT2D eigenvalue weighted by Crippen LogP contribution is -2.50. The SMILES string of the molecule is O=C(c1ccccc1)N1CCN(CCCN2CCN(C(=O)c3ccccc3)CC2)CC1. The summed E-state index contributed by atoms with van der Waals surface area (Å²) in [6, 6.07) is 19.1. The van der Waals surface area contributed by atoms with Crippen molar-refractivity contribution in [2.24, 2.45) is 0 Å². The minimum absolute atomic E-state index is 0.142. The van der Waals surface area contributed by atoms with E-state index in [9.17, 15) is 9.59 Å². The van der Waals surface area contributed by atoms with Crippen molar-refractivity contribution in [3.05, 3.63) is 71.8 Å². The summed E-state index contributed by atoms with van der Waals surface area (Å²) in [5.74, 6) is 0.284. The molecule has 0 atom stereocenters. The molecule has 2 heterocycles. The smallest absolute Gasteiger partial charge is 0.253 e. The first kappa shape index (κ1) is 21.5. The van der Waals surface area contributed by atoms with Crippen molar-refractivity contribution in [1.82, 2.24) is 19.6 Å². The fourth-order valence-electron chi connectivity index (χ4n) is 4.39. The quantitative estimate of drug-likeness (QED) is 0.720. The molecule has 0 aliphatic carbocycles. The highest BCUT2D eigenvalue weighted by atomic mass is 16.2. The molecule has 0 unspecified atom stereocenters. The molecule has 0 spiro atoms. The number of carbonyl (C=O) groups excluding carboxylic acids is 2. The van der Waals surface area contributed by atoms with Gasteiger partial charge in [0.2, 0.25) is 0 Å². The lowest BCUT2D eigenvalue weighted by atomic mass is 10.1. The molecular weight excluding hydrogens is 388 g/mol. The van der Waals surface area contributed by atoms with Crippen LogP contribution >= 0.6 is 0 Å². The normalized spacial score (nSPS) is 18.2. The van der Waals surface area contributed by atoms with E-state index in [-0.39, 0.29) is 11.8 Å². The molecule has 0 aromatic heterocycles. The van der Waals surface area contributed by atoms with E-state index in [1.807, 2.05) is 70.5 Å². The molecule has 6 nitrogen and oxygen atoms in total. The average Bonchev–Trinajstić information content (AvgIpc) is 2.85. The zero-order valence-electron chi connectivity index (χ0n) is 18.2. The van der Waals surface area contributed by atoms with Gasteiger partial charge >= 0.3 is 0 Å². The second-order valence-corrected chi connectivity index (χ2v) is 8.35. The molecule has 2 amide bonds. The number of amides is 2. The maximum atomic E-state index is 12.6. The molecule has 164 valence electrons. The Kier molecular flexibility index (Phi) is 7.33. The number of benzene rings is 2. The molecule has 4 rings (SSSR count). The Balaban J connectivity index is 1.12. The summed E-state index contributed by atoms with van der Waals surface area (Å²) in [6.07, 6.45) is 1.12. The molecule has 2 aliphatic rings. The van der Waals surface area contributed by atoms with Crippen LogP contribution in [-0.2, 0) is 0 Å². The van der Waals surface area contributed by atoms with Gasteiger partial charge in [-0.3, -0.25) is 19.4 Å². The topological polar surface area (TPSA) is 47.1 Å². The fraction of sp³-hybridized carbons (Fsp3) is 0.440. The molecule has 2 aromatic carbocycles. The average molecular weight is 421 g/mol. The van der Waals surface area contributed by atoms with Gasteiger partial charge in [0.1, 0.15) is 0 Å². The number of hydrogen-bond acceptors (Lipinski definition) is 4. The first-order chi connectivity index (χ1) is 15.2. The van der Waals surface area contributed by atoms with Crippen LogP contribution in [0, 0.1) is 0 Å². The van der Waals surface area contributed by atoms with Crippen LogP contribution in [0.15, 0.2) is 60.7 Å². The number of rotatable bonds is 6. The van der Waals surface area contributed by atoms with Crippen molar-refractivity contribution in [1.29, 1.82) is 0 Å². The largest absolute Gasteiger partial charge is 0.336 e. The summed E-state index contributed by atoms with van der Waals surface area (Å²) in [7, 11) is 0. The summed E-state index contributed by atoms with van der Waals surface area (Å²) < 4.78 is 0. The third kappa shape index (κ3) is 5.71. The molecule has 6 heteroatoms. The maximum Gasteiger partial charge on any atom is 0.253 e. The van der Waals surface area contributed by atoms with Crippen LogP contribution < -0.4 is 0 Å². The van der Waals surface area contributed by atoms with Crippen LogP contribution in [0.1, 0.15) is 27.1 Å². The van der Waals surface area contributed by atoms with Gasteiger partial charge in [0.05, 0.1) is 0 Å². The van der Waals surface area contributed by atoms with Crippen molar-refractivity contribution in [2.75, 3.05) is 65.4 Å². The zero-order valence-corrected chi connectivity index (χ0v) is 18.2. The first-order valence-corrected chi connectivity index (χ1v) is 11.3. The predicted octanol–water partition coefficient (Wildman–Crippen LogP) is 2.29.